The Hall–Kier alpha value is -1.51. The van der Waals surface area contributed by atoms with E-state index in [9.17, 15) is 0 Å². The summed E-state index contributed by atoms with van der Waals surface area (Å²) in [5.74, 6) is 0.283. The molecule has 0 aliphatic heterocycles. The van der Waals surface area contributed by atoms with Crippen LogP contribution in [0.25, 0.3) is 0 Å². The van der Waals surface area contributed by atoms with Crippen LogP contribution in [-0.2, 0) is 11.3 Å². The Bertz CT molecular complexity index is 267. The molecular formula is C10H13NO2. The van der Waals surface area contributed by atoms with Crippen molar-refractivity contribution in [2.45, 2.75) is 13.3 Å². The fourth-order valence-electron chi connectivity index (χ4n) is 0.902. The van der Waals surface area contributed by atoms with E-state index in [0.29, 0.717) is 6.61 Å². The Balaban J connectivity index is 2.41. The lowest BCUT2D eigenvalue weighted by atomic mass is 10.2. The average Bonchev–Trinajstić information content (AvgIpc) is 2.15. The zero-order chi connectivity index (χ0) is 9.52. The van der Waals surface area contributed by atoms with Crippen LogP contribution in [0, 0.1) is 0 Å². The molecule has 13 heavy (non-hydrogen) atoms. The molecule has 70 valence electrons. The van der Waals surface area contributed by atoms with Crippen molar-refractivity contribution >= 4 is 6.21 Å². The standard InChI is InChI=1S/C10H13NO2/c1-2-13-11-8-7-9-3-5-10(12)6-4-9/h3-6,8,12H,2,7H2,1H3. The topological polar surface area (TPSA) is 41.8 Å². The summed E-state index contributed by atoms with van der Waals surface area (Å²) >= 11 is 0. The maximum atomic E-state index is 9.01. The van der Waals surface area contributed by atoms with Gasteiger partial charge in [0, 0.05) is 12.6 Å². The van der Waals surface area contributed by atoms with Crippen molar-refractivity contribution in [1.82, 2.24) is 0 Å². The van der Waals surface area contributed by atoms with Gasteiger partial charge in [-0.2, -0.15) is 0 Å². The largest absolute Gasteiger partial charge is 0.508 e. The third-order valence-corrected chi connectivity index (χ3v) is 1.54. The van der Waals surface area contributed by atoms with Crippen molar-refractivity contribution in [3.05, 3.63) is 29.8 Å². The van der Waals surface area contributed by atoms with Crippen LogP contribution in [0.4, 0.5) is 0 Å². The average molecular weight is 179 g/mol. The predicted molar refractivity (Wildman–Crippen MR) is 51.9 cm³/mol. The lowest BCUT2D eigenvalue weighted by molar-refractivity contribution is 0.160. The van der Waals surface area contributed by atoms with E-state index in [1.807, 2.05) is 19.1 Å². The molecule has 1 rings (SSSR count). The van der Waals surface area contributed by atoms with E-state index >= 15 is 0 Å². The van der Waals surface area contributed by atoms with Crippen LogP contribution in [0.5, 0.6) is 5.75 Å². The highest BCUT2D eigenvalue weighted by Gasteiger charge is 1.90. The van der Waals surface area contributed by atoms with Crippen LogP contribution < -0.4 is 0 Å². The highest BCUT2D eigenvalue weighted by atomic mass is 16.6. The zero-order valence-electron chi connectivity index (χ0n) is 7.60. The molecule has 1 N–H and O–H groups in total. The second-order valence-electron chi connectivity index (χ2n) is 2.58. The van der Waals surface area contributed by atoms with Gasteiger partial charge < -0.3 is 9.94 Å². The fraction of sp³-hybridized carbons (Fsp3) is 0.300. The first-order chi connectivity index (χ1) is 6.33. The normalized spacial score (nSPS) is 10.5. The van der Waals surface area contributed by atoms with Crippen LogP contribution in [0.15, 0.2) is 29.4 Å². The number of hydrogen-bond acceptors (Lipinski definition) is 3. The third-order valence-electron chi connectivity index (χ3n) is 1.54. The monoisotopic (exact) mass is 179 g/mol. The minimum absolute atomic E-state index is 0.283. The molecule has 0 radical (unpaired) electrons. The quantitative estimate of drug-likeness (QED) is 0.567. The molecule has 0 spiro atoms. The van der Waals surface area contributed by atoms with E-state index in [-0.39, 0.29) is 5.75 Å². The first-order valence-electron chi connectivity index (χ1n) is 4.24. The Morgan fingerprint density at radius 1 is 1.38 bits per heavy atom. The number of aromatic hydroxyl groups is 1. The fourth-order valence-corrected chi connectivity index (χ4v) is 0.902. The summed E-state index contributed by atoms with van der Waals surface area (Å²) in [4.78, 5) is 4.80. The van der Waals surface area contributed by atoms with Gasteiger partial charge in [-0.25, -0.2) is 0 Å². The zero-order valence-corrected chi connectivity index (χ0v) is 7.60. The molecule has 0 saturated heterocycles. The van der Waals surface area contributed by atoms with Crippen molar-refractivity contribution in [1.29, 1.82) is 0 Å². The maximum absolute atomic E-state index is 9.01. The second-order valence-corrected chi connectivity index (χ2v) is 2.58. The van der Waals surface area contributed by atoms with Crippen LogP contribution >= 0.6 is 0 Å². The first kappa shape index (κ1) is 9.58. The predicted octanol–water partition coefficient (Wildman–Crippen LogP) is 1.96. The first-order valence-corrected chi connectivity index (χ1v) is 4.24. The third kappa shape index (κ3) is 3.60. The smallest absolute Gasteiger partial charge is 0.115 e. The van der Waals surface area contributed by atoms with Gasteiger partial charge in [-0.1, -0.05) is 17.3 Å². The number of phenolic OH excluding ortho intramolecular Hbond substituents is 1. The second kappa shape index (κ2) is 5.19. The molecule has 0 aliphatic rings. The molecular weight excluding hydrogens is 166 g/mol. The van der Waals surface area contributed by atoms with Crippen molar-refractivity contribution in [2.24, 2.45) is 5.16 Å². The van der Waals surface area contributed by atoms with E-state index in [0.717, 1.165) is 12.0 Å². The molecule has 0 unspecified atom stereocenters. The minimum Gasteiger partial charge on any atom is -0.508 e. The summed E-state index contributed by atoms with van der Waals surface area (Å²) in [7, 11) is 0. The molecule has 3 nitrogen and oxygen atoms in total. The molecule has 0 bridgehead atoms. The number of benzene rings is 1. The highest BCUT2D eigenvalue weighted by Crippen LogP contribution is 2.09. The van der Waals surface area contributed by atoms with E-state index in [2.05, 4.69) is 5.16 Å². The lowest BCUT2D eigenvalue weighted by Crippen LogP contribution is -1.87. The molecule has 0 aromatic heterocycles. The minimum atomic E-state index is 0.283. The van der Waals surface area contributed by atoms with E-state index in [1.54, 1.807) is 18.3 Å². The van der Waals surface area contributed by atoms with Gasteiger partial charge in [0.05, 0.1) is 0 Å². The number of phenols is 1. The van der Waals surface area contributed by atoms with Gasteiger partial charge in [-0.15, -0.1) is 0 Å². The molecule has 0 heterocycles. The number of nitrogens with zero attached hydrogens (tertiary/aromatic N) is 1. The summed E-state index contributed by atoms with van der Waals surface area (Å²) in [6, 6.07) is 7.02. The Kier molecular flexibility index (Phi) is 3.82. The Labute approximate surface area is 77.6 Å². The highest BCUT2D eigenvalue weighted by molar-refractivity contribution is 5.60. The van der Waals surface area contributed by atoms with E-state index in [1.165, 1.54) is 0 Å². The lowest BCUT2D eigenvalue weighted by Gasteiger charge is -1.95. The summed E-state index contributed by atoms with van der Waals surface area (Å²) in [5, 5.41) is 12.7. The van der Waals surface area contributed by atoms with Crippen LogP contribution in [0.2, 0.25) is 0 Å². The molecule has 0 aliphatic carbocycles. The molecule has 1 aromatic carbocycles. The maximum Gasteiger partial charge on any atom is 0.115 e. The van der Waals surface area contributed by atoms with E-state index < -0.39 is 0 Å². The molecule has 0 fully saturated rings. The van der Waals surface area contributed by atoms with Crippen molar-refractivity contribution in [3.63, 3.8) is 0 Å². The number of rotatable bonds is 4. The van der Waals surface area contributed by atoms with Gasteiger partial charge in [0.1, 0.15) is 12.4 Å². The summed E-state index contributed by atoms with van der Waals surface area (Å²) < 4.78 is 0. The van der Waals surface area contributed by atoms with Gasteiger partial charge in [0.2, 0.25) is 0 Å². The van der Waals surface area contributed by atoms with Crippen LogP contribution in [0.1, 0.15) is 12.5 Å². The molecule has 0 saturated carbocycles. The Morgan fingerprint density at radius 2 is 2.08 bits per heavy atom. The van der Waals surface area contributed by atoms with Crippen molar-refractivity contribution < 1.29 is 9.94 Å². The summed E-state index contributed by atoms with van der Waals surface area (Å²) in [6.45, 7) is 2.48. The van der Waals surface area contributed by atoms with Gasteiger partial charge in [-0.3, -0.25) is 0 Å². The molecule has 1 aromatic rings. The molecule has 3 heteroatoms. The number of oxime groups is 1. The van der Waals surface area contributed by atoms with Gasteiger partial charge >= 0.3 is 0 Å². The van der Waals surface area contributed by atoms with Crippen LogP contribution in [0.3, 0.4) is 0 Å². The van der Waals surface area contributed by atoms with Gasteiger partial charge in [0.15, 0.2) is 0 Å². The molecule has 0 amide bonds. The summed E-state index contributed by atoms with van der Waals surface area (Å²) in [5.41, 5.74) is 1.10. The van der Waals surface area contributed by atoms with Gasteiger partial charge in [0.25, 0.3) is 0 Å². The summed E-state index contributed by atoms with van der Waals surface area (Å²) in [6.07, 6.45) is 2.43. The number of hydrogen-bond donors (Lipinski definition) is 1. The Morgan fingerprint density at radius 3 is 2.69 bits per heavy atom. The van der Waals surface area contributed by atoms with E-state index in [4.69, 9.17) is 9.94 Å². The van der Waals surface area contributed by atoms with Crippen molar-refractivity contribution in [3.8, 4) is 5.75 Å². The SMILES string of the molecule is CCON=CCc1ccc(O)cc1. The molecule has 0 atom stereocenters. The van der Waals surface area contributed by atoms with Crippen LogP contribution in [-0.4, -0.2) is 17.9 Å². The van der Waals surface area contributed by atoms with Gasteiger partial charge in [-0.05, 0) is 24.6 Å². The van der Waals surface area contributed by atoms with Crippen molar-refractivity contribution in [2.75, 3.05) is 6.61 Å².